The molecular formula is C15H15N3O3. The van der Waals surface area contributed by atoms with Crippen LogP contribution in [-0.4, -0.2) is 23.6 Å². The molecule has 6 nitrogen and oxygen atoms in total. The molecule has 21 heavy (non-hydrogen) atoms. The molecule has 0 aliphatic rings. The summed E-state index contributed by atoms with van der Waals surface area (Å²) in [5.41, 5.74) is 6.44. The Kier molecular flexibility index (Phi) is 4.76. The summed E-state index contributed by atoms with van der Waals surface area (Å²) in [5, 5.41) is 14.3. The van der Waals surface area contributed by atoms with Crippen LogP contribution in [0.1, 0.15) is 5.56 Å². The second kappa shape index (κ2) is 6.95. The van der Waals surface area contributed by atoms with Crippen LogP contribution < -0.4 is 15.8 Å². The SMILES string of the molecule is N/C(=N/O)c1ccccc1NC(=O)COc1ccccc1. The average molecular weight is 285 g/mol. The lowest BCUT2D eigenvalue weighted by molar-refractivity contribution is -0.118. The smallest absolute Gasteiger partial charge is 0.262 e. The summed E-state index contributed by atoms with van der Waals surface area (Å²) in [6.45, 7) is -0.130. The highest BCUT2D eigenvalue weighted by Crippen LogP contribution is 2.15. The van der Waals surface area contributed by atoms with Crippen LogP contribution in [0.4, 0.5) is 5.69 Å². The predicted octanol–water partition coefficient (Wildman–Crippen LogP) is 1.80. The molecule has 0 heterocycles. The van der Waals surface area contributed by atoms with Gasteiger partial charge in [0.15, 0.2) is 12.4 Å². The number of ether oxygens (including phenoxy) is 1. The third-order valence-corrected chi connectivity index (χ3v) is 2.70. The van der Waals surface area contributed by atoms with Gasteiger partial charge in [0, 0.05) is 5.56 Å². The maximum atomic E-state index is 11.9. The second-order valence-corrected chi connectivity index (χ2v) is 4.18. The van der Waals surface area contributed by atoms with Crippen molar-refractivity contribution in [2.24, 2.45) is 10.9 Å². The maximum Gasteiger partial charge on any atom is 0.262 e. The third kappa shape index (κ3) is 3.97. The molecule has 1 amide bonds. The van der Waals surface area contributed by atoms with Crippen molar-refractivity contribution in [3.8, 4) is 5.75 Å². The molecule has 4 N–H and O–H groups in total. The van der Waals surface area contributed by atoms with E-state index in [0.717, 1.165) is 0 Å². The van der Waals surface area contributed by atoms with E-state index >= 15 is 0 Å². The normalized spacial score (nSPS) is 11.0. The van der Waals surface area contributed by atoms with Crippen molar-refractivity contribution in [3.63, 3.8) is 0 Å². The fraction of sp³-hybridized carbons (Fsp3) is 0.0667. The highest BCUT2D eigenvalue weighted by molar-refractivity contribution is 6.05. The molecule has 0 atom stereocenters. The zero-order valence-corrected chi connectivity index (χ0v) is 11.2. The summed E-state index contributed by atoms with van der Waals surface area (Å²) in [6, 6.07) is 15.8. The number of nitrogens with zero attached hydrogens (tertiary/aromatic N) is 1. The first-order valence-electron chi connectivity index (χ1n) is 6.25. The molecule has 0 fully saturated rings. The fourth-order valence-corrected chi connectivity index (χ4v) is 1.72. The highest BCUT2D eigenvalue weighted by atomic mass is 16.5. The number of hydrogen-bond acceptors (Lipinski definition) is 4. The number of oxime groups is 1. The number of amides is 1. The van der Waals surface area contributed by atoms with Crippen molar-refractivity contribution >= 4 is 17.4 Å². The number of anilines is 1. The lowest BCUT2D eigenvalue weighted by Crippen LogP contribution is -2.23. The van der Waals surface area contributed by atoms with Gasteiger partial charge in [0.1, 0.15) is 5.75 Å². The second-order valence-electron chi connectivity index (χ2n) is 4.18. The number of para-hydroxylation sites is 2. The number of hydrogen-bond donors (Lipinski definition) is 3. The van der Waals surface area contributed by atoms with Crippen molar-refractivity contribution in [3.05, 3.63) is 60.2 Å². The monoisotopic (exact) mass is 285 g/mol. The van der Waals surface area contributed by atoms with E-state index < -0.39 is 0 Å². The highest BCUT2D eigenvalue weighted by Gasteiger charge is 2.10. The molecule has 2 aromatic carbocycles. The number of carbonyl (C=O) groups excluding carboxylic acids is 1. The number of nitrogens with one attached hydrogen (secondary N) is 1. The number of carbonyl (C=O) groups is 1. The molecular weight excluding hydrogens is 270 g/mol. The standard InChI is InChI=1S/C15H15N3O3/c16-15(18-20)12-8-4-5-9-13(12)17-14(19)10-21-11-6-2-1-3-7-11/h1-9,20H,10H2,(H2,16,18)(H,17,19). The van der Waals surface area contributed by atoms with Gasteiger partial charge in [0.2, 0.25) is 0 Å². The van der Waals surface area contributed by atoms with Gasteiger partial charge in [-0.2, -0.15) is 0 Å². The molecule has 0 saturated heterocycles. The Morgan fingerprint density at radius 1 is 1.14 bits per heavy atom. The Hall–Kier alpha value is -3.02. The van der Waals surface area contributed by atoms with Gasteiger partial charge in [0.25, 0.3) is 5.91 Å². The largest absolute Gasteiger partial charge is 0.484 e. The quantitative estimate of drug-likeness (QED) is 0.338. The van der Waals surface area contributed by atoms with Crippen LogP contribution in [0.15, 0.2) is 59.8 Å². The summed E-state index contributed by atoms with van der Waals surface area (Å²) in [4.78, 5) is 11.9. The Balaban J connectivity index is 2.00. The first-order chi connectivity index (χ1) is 10.2. The minimum Gasteiger partial charge on any atom is -0.484 e. The van der Waals surface area contributed by atoms with Crippen molar-refractivity contribution < 1.29 is 14.7 Å². The van der Waals surface area contributed by atoms with Crippen molar-refractivity contribution in [2.45, 2.75) is 0 Å². The third-order valence-electron chi connectivity index (χ3n) is 2.70. The molecule has 0 spiro atoms. The number of nitrogens with two attached hydrogens (primary N) is 1. The van der Waals surface area contributed by atoms with E-state index in [2.05, 4.69) is 10.5 Å². The molecule has 0 unspecified atom stereocenters. The minimum atomic E-state index is -0.336. The molecule has 2 aromatic rings. The van der Waals surface area contributed by atoms with E-state index in [0.29, 0.717) is 17.0 Å². The van der Waals surface area contributed by atoms with Crippen LogP contribution in [-0.2, 0) is 4.79 Å². The maximum absolute atomic E-state index is 11.9. The first kappa shape index (κ1) is 14.4. The Labute approximate surface area is 121 Å². The lowest BCUT2D eigenvalue weighted by Gasteiger charge is -2.10. The molecule has 0 aromatic heterocycles. The zero-order chi connectivity index (χ0) is 15.1. The first-order valence-corrected chi connectivity index (χ1v) is 6.25. The van der Waals surface area contributed by atoms with Gasteiger partial charge in [-0.05, 0) is 24.3 Å². The van der Waals surface area contributed by atoms with E-state index in [4.69, 9.17) is 15.7 Å². The van der Waals surface area contributed by atoms with Crippen LogP contribution in [0.25, 0.3) is 0 Å². The van der Waals surface area contributed by atoms with E-state index in [9.17, 15) is 4.79 Å². The van der Waals surface area contributed by atoms with Gasteiger partial charge in [-0.3, -0.25) is 4.79 Å². The Morgan fingerprint density at radius 3 is 2.52 bits per heavy atom. The van der Waals surface area contributed by atoms with Crippen LogP contribution in [0.2, 0.25) is 0 Å². The molecule has 0 radical (unpaired) electrons. The number of benzene rings is 2. The molecule has 0 bridgehead atoms. The van der Waals surface area contributed by atoms with Crippen molar-refractivity contribution in [1.29, 1.82) is 0 Å². The summed E-state index contributed by atoms with van der Waals surface area (Å²) >= 11 is 0. The van der Waals surface area contributed by atoms with E-state index in [1.807, 2.05) is 18.2 Å². The average Bonchev–Trinajstić information content (AvgIpc) is 2.54. The molecule has 2 rings (SSSR count). The Bertz CT molecular complexity index is 642. The number of amidine groups is 1. The summed E-state index contributed by atoms with van der Waals surface area (Å²) < 4.78 is 5.34. The van der Waals surface area contributed by atoms with Crippen LogP contribution >= 0.6 is 0 Å². The van der Waals surface area contributed by atoms with Gasteiger partial charge < -0.3 is 21.0 Å². The van der Waals surface area contributed by atoms with Gasteiger partial charge in [-0.25, -0.2) is 0 Å². The van der Waals surface area contributed by atoms with E-state index in [1.54, 1.807) is 36.4 Å². The van der Waals surface area contributed by atoms with Crippen LogP contribution in [0.5, 0.6) is 5.75 Å². The topological polar surface area (TPSA) is 96.9 Å². The molecule has 0 saturated carbocycles. The Morgan fingerprint density at radius 2 is 1.81 bits per heavy atom. The van der Waals surface area contributed by atoms with Crippen molar-refractivity contribution in [1.82, 2.24) is 0 Å². The molecule has 108 valence electrons. The van der Waals surface area contributed by atoms with Gasteiger partial charge in [0.05, 0.1) is 5.69 Å². The summed E-state index contributed by atoms with van der Waals surface area (Å²) in [6.07, 6.45) is 0. The van der Waals surface area contributed by atoms with Crippen LogP contribution in [0, 0.1) is 0 Å². The van der Waals surface area contributed by atoms with Gasteiger partial charge >= 0.3 is 0 Å². The van der Waals surface area contributed by atoms with Crippen LogP contribution in [0.3, 0.4) is 0 Å². The molecule has 0 aliphatic heterocycles. The number of rotatable bonds is 5. The summed E-state index contributed by atoms with van der Waals surface area (Å²) in [7, 11) is 0. The zero-order valence-electron chi connectivity index (χ0n) is 11.2. The van der Waals surface area contributed by atoms with Gasteiger partial charge in [-0.1, -0.05) is 35.5 Å². The van der Waals surface area contributed by atoms with E-state index in [1.165, 1.54) is 0 Å². The molecule has 0 aliphatic carbocycles. The van der Waals surface area contributed by atoms with Gasteiger partial charge in [-0.15, -0.1) is 0 Å². The van der Waals surface area contributed by atoms with Crippen molar-refractivity contribution in [2.75, 3.05) is 11.9 Å². The predicted molar refractivity (Wildman–Crippen MR) is 79.5 cm³/mol. The minimum absolute atomic E-state index is 0.0742. The molecule has 6 heteroatoms. The van der Waals surface area contributed by atoms with E-state index in [-0.39, 0.29) is 18.3 Å². The lowest BCUT2D eigenvalue weighted by atomic mass is 10.1. The fourth-order valence-electron chi connectivity index (χ4n) is 1.72. The summed E-state index contributed by atoms with van der Waals surface area (Å²) in [5.74, 6) is 0.198.